The Morgan fingerprint density at radius 2 is 1.94 bits per heavy atom. The molecule has 1 saturated heterocycles. The molecular weight excluding hydrogens is 408 g/mol. The number of benzene rings is 1. The second-order valence-electron chi connectivity index (χ2n) is 8.20. The maximum atomic E-state index is 13.3. The maximum absolute atomic E-state index is 13.3. The zero-order valence-electron chi connectivity index (χ0n) is 18.8. The van der Waals surface area contributed by atoms with Crippen molar-refractivity contribution in [2.24, 2.45) is 0 Å². The van der Waals surface area contributed by atoms with Gasteiger partial charge in [-0.2, -0.15) is 5.10 Å². The quantitative estimate of drug-likeness (QED) is 0.619. The van der Waals surface area contributed by atoms with Gasteiger partial charge < -0.3 is 15.3 Å². The molecule has 8 heteroatoms. The minimum atomic E-state index is -1.01. The summed E-state index contributed by atoms with van der Waals surface area (Å²) >= 11 is 0. The van der Waals surface area contributed by atoms with E-state index in [1.54, 1.807) is 28.9 Å². The summed E-state index contributed by atoms with van der Waals surface area (Å²) in [6.45, 7) is 5.17. The molecule has 1 aliphatic heterocycles. The van der Waals surface area contributed by atoms with Gasteiger partial charge in [0.1, 0.15) is 5.69 Å². The molecule has 1 aromatic heterocycles. The zero-order valence-corrected chi connectivity index (χ0v) is 18.8. The molecule has 0 saturated carbocycles. The highest BCUT2D eigenvalue weighted by Gasteiger charge is 2.30. The number of nitrogens with zero attached hydrogens (tertiary/aromatic N) is 3. The molecule has 172 valence electrons. The number of aliphatic carboxylic acids is 1. The predicted molar refractivity (Wildman–Crippen MR) is 120 cm³/mol. The lowest BCUT2D eigenvalue weighted by Crippen LogP contribution is -2.44. The van der Waals surface area contributed by atoms with E-state index in [4.69, 9.17) is 0 Å². The van der Waals surface area contributed by atoms with Crippen LogP contribution in [0.1, 0.15) is 85.0 Å². The third-order valence-electron chi connectivity index (χ3n) is 5.93. The molecule has 2 heterocycles. The number of aryl methyl sites for hydroxylation is 1. The molecule has 2 aromatic rings. The molecule has 1 fully saturated rings. The molecule has 2 N–H and O–H groups in total. The number of likely N-dealkylation sites (tertiary alicyclic amines) is 1. The van der Waals surface area contributed by atoms with Gasteiger partial charge in [-0.25, -0.2) is 0 Å². The van der Waals surface area contributed by atoms with Crippen molar-refractivity contribution < 1.29 is 19.5 Å². The summed E-state index contributed by atoms with van der Waals surface area (Å²) < 4.78 is 1.56. The molecule has 2 amide bonds. The molecular formula is C24H32N4O4. The molecule has 3 rings (SSSR count). The summed E-state index contributed by atoms with van der Waals surface area (Å²) in [5.41, 5.74) is 1.21. The van der Waals surface area contributed by atoms with Crippen molar-refractivity contribution in [2.75, 3.05) is 6.54 Å². The first kappa shape index (κ1) is 23.5. The van der Waals surface area contributed by atoms with Crippen LogP contribution in [-0.4, -0.2) is 50.2 Å². The van der Waals surface area contributed by atoms with Crippen LogP contribution in [-0.2, 0) is 11.3 Å². The Labute approximate surface area is 188 Å². The molecule has 0 spiro atoms. The summed E-state index contributed by atoms with van der Waals surface area (Å²) in [4.78, 5) is 39.6. The number of rotatable bonds is 9. The summed E-state index contributed by atoms with van der Waals surface area (Å²) in [6.07, 6.45) is 4.84. The molecule has 0 bridgehead atoms. The van der Waals surface area contributed by atoms with E-state index in [1.165, 1.54) is 6.07 Å². The molecule has 8 nitrogen and oxygen atoms in total. The monoisotopic (exact) mass is 440 g/mol. The van der Waals surface area contributed by atoms with Gasteiger partial charge in [0.15, 0.2) is 5.69 Å². The number of carboxylic acid groups (broad SMARTS) is 1. The number of carboxylic acids is 1. The first-order valence-corrected chi connectivity index (χ1v) is 11.4. The highest BCUT2D eigenvalue weighted by atomic mass is 16.4. The average molecular weight is 441 g/mol. The van der Waals surface area contributed by atoms with Crippen LogP contribution in [0.2, 0.25) is 0 Å². The van der Waals surface area contributed by atoms with Gasteiger partial charge in [0.25, 0.3) is 11.8 Å². The number of carbonyl (C=O) groups is 3. The zero-order chi connectivity index (χ0) is 23.1. The van der Waals surface area contributed by atoms with Gasteiger partial charge in [0, 0.05) is 25.2 Å². The van der Waals surface area contributed by atoms with E-state index in [9.17, 15) is 19.5 Å². The lowest BCUT2D eigenvalue weighted by molar-refractivity contribution is -0.137. The Kier molecular flexibility index (Phi) is 8.03. The van der Waals surface area contributed by atoms with Gasteiger partial charge in [-0.05, 0) is 38.2 Å². The number of hydrogen-bond donors (Lipinski definition) is 2. The normalized spacial score (nSPS) is 17.1. The smallest absolute Gasteiger partial charge is 0.305 e. The molecule has 1 aromatic carbocycles. The first-order valence-electron chi connectivity index (χ1n) is 11.4. The second-order valence-corrected chi connectivity index (χ2v) is 8.20. The van der Waals surface area contributed by atoms with Gasteiger partial charge in [-0.1, -0.05) is 43.7 Å². The van der Waals surface area contributed by atoms with Crippen molar-refractivity contribution in [3.8, 4) is 0 Å². The van der Waals surface area contributed by atoms with Crippen molar-refractivity contribution in [1.82, 2.24) is 20.0 Å². The first-order chi connectivity index (χ1) is 15.4. The second kappa shape index (κ2) is 10.9. The van der Waals surface area contributed by atoms with Crippen LogP contribution in [0.15, 0.2) is 36.4 Å². The average Bonchev–Trinajstić information content (AvgIpc) is 3.24. The number of aromatic nitrogens is 2. The standard InChI is InChI=1S/C24H32N4O4/c1-3-10-18-13-8-9-14-27(18)24(32)21-15-20(26-28(21)4-2)23(31)25-19(16-22(29)30)17-11-6-5-7-12-17/h5-7,11-12,15,18-19H,3-4,8-10,13-14,16H2,1-2H3,(H,25,31)(H,29,30). The van der Waals surface area contributed by atoms with E-state index >= 15 is 0 Å². The predicted octanol–water partition coefficient (Wildman–Crippen LogP) is 3.64. The van der Waals surface area contributed by atoms with E-state index in [0.29, 0.717) is 24.3 Å². The van der Waals surface area contributed by atoms with E-state index in [0.717, 1.165) is 32.1 Å². The number of piperidine rings is 1. The van der Waals surface area contributed by atoms with Gasteiger partial charge in [0.05, 0.1) is 12.5 Å². The lowest BCUT2D eigenvalue weighted by Gasteiger charge is -2.35. The molecule has 2 unspecified atom stereocenters. The Bertz CT molecular complexity index is 939. The van der Waals surface area contributed by atoms with Crippen molar-refractivity contribution in [1.29, 1.82) is 0 Å². The highest BCUT2D eigenvalue weighted by Crippen LogP contribution is 2.24. The van der Waals surface area contributed by atoms with Crippen molar-refractivity contribution in [2.45, 2.75) is 71.0 Å². The maximum Gasteiger partial charge on any atom is 0.305 e. The summed E-state index contributed by atoms with van der Waals surface area (Å²) in [5.74, 6) is -1.60. The summed E-state index contributed by atoms with van der Waals surface area (Å²) in [7, 11) is 0. The molecule has 32 heavy (non-hydrogen) atoms. The number of carbonyl (C=O) groups excluding carboxylic acids is 2. The van der Waals surface area contributed by atoms with Crippen LogP contribution in [0, 0.1) is 0 Å². The number of nitrogens with one attached hydrogen (secondary N) is 1. The topological polar surface area (TPSA) is 105 Å². The van der Waals surface area contributed by atoms with Gasteiger partial charge in [0.2, 0.25) is 0 Å². The van der Waals surface area contributed by atoms with Crippen molar-refractivity contribution in [3.63, 3.8) is 0 Å². The largest absolute Gasteiger partial charge is 0.481 e. The fourth-order valence-electron chi connectivity index (χ4n) is 4.33. The van der Waals surface area contributed by atoms with E-state index in [-0.39, 0.29) is 24.1 Å². The van der Waals surface area contributed by atoms with Crippen LogP contribution in [0.4, 0.5) is 0 Å². The van der Waals surface area contributed by atoms with E-state index in [2.05, 4.69) is 17.3 Å². The van der Waals surface area contributed by atoms with E-state index in [1.807, 2.05) is 17.9 Å². The van der Waals surface area contributed by atoms with Gasteiger partial charge in [-0.3, -0.25) is 19.1 Å². The third kappa shape index (κ3) is 5.55. The van der Waals surface area contributed by atoms with Crippen molar-refractivity contribution in [3.05, 3.63) is 53.3 Å². The molecule has 2 atom stereocenters. The minimum absolute atomic E-state index is 0.0957. The van der Waals surface area contributed by atoms with Crippen LogP contribution in [0.5, 0.6) is 0 Å². The summed E-state index contributed by atoms with van der Waals surface area (Å²) in [6, 6.07) is 10.0. The Balaban J connectivity index is 1.82. The van der Waals surface area contributed by atoms with Crippen LogP contribution in [0.3, 0.4) is 0 Å². The van der Waals surface area contributed by atoms with Crippen LogP contribution < -0.4 is 5.32 Å². The number of amides is 2. The van der Waals surface area contributed by atoms with Gasteiger partial charge >= 0.3 is 5.97 Å². The Morgan fingerprint density at radius 1 is 1.19 bits per heavy atom. The minimum Gasteiger partial charge on any atom is -0.481 e. The van der Waals surface area contributed by atoms with Crippen molar-refractivity contribution >= 4 is 17.8 Å². The third-order valence-corrected chi connectivity index (χ3v) is 5.93. The fraction of sp³-hybridized carbons (Fsp3) is 0.500. The van der Waals surface area contributed by atoms with Crippen LogP contribution in [0.25, 0.3) is 0 Å². The SMILES string of the molecule is CCCC1CCCCN1C(=O)c1cc(C(=O)NC(CC(=O)O)c2ccccc2)nn1CC. The fourth-order valence-corrected chi connectivity index (χ4v) is 4.33. The molecule has 1 aliphatic rings. The van der Waals surface area contributed by atoms with Gasteiger partial charge in [-0.15, -0.1) is 0 Å². The highest BCUT2D eigenvalue weighted by molar-refractivity contribution is 5.98. The Morgan fingerprint density at radius 3 is 2.59 bits per heavy atom. The van der Waals surface area contributed by atoms with Crippen LogP contribution >= 0.6 is 0 Å². The molecule has 0 aliphatic carbocycles. The van der Waals surface area contributed by atoms with E-state index < -0.39 is 17.9 Å². The number of hydrogen-bond acceptors (Lipinski definition) is 4. The Hall–Kier alpha value is -3.16. The summed E-state index contributed by atoms with van der Waals surface area (Å²) in [5, 5.41) is 16.4. The lowest BCUT2D eigenvalue weighted by atomic mass is 9.98. The molecule has 0 radical (unpaired) electrons.